The molecule has 0 amide bonds. The molecule has 3 rings (SSSR count). The number of anilines is 1. The zero-order valence-electron chi connectivity index (χ0n) is 21.6. The van der Waals surface area contributed by atoms with Crippen LogP contribution in [0.25, 0.3) is 10.9 Å². The van der Waals surface area contributed by atoms with Crippen LogP contribution in [0.2, 0.25) is 0 Å². The highest BCUT2D eigenvalue weighted by Crippen LogP contribution is 2.34. The van der Waals surface area contributed by atoms with E-state index in [0.717, 1.165) is 49.7 Å². The van der Waals surface area contributed by atoms with Gasteiger partial charge in [-0.05, 0) is 81.4 Å². The number of aromatic nitrogens is 1. The predicted octanol–water partition coefficient (Wildman–Crippen LogP) is 6.49. The van der Waals surface area contributed by atoms with Gasteiger partial charge in [-0.3, -0.25) is 4.72 Å². The summed E-state index contributed by atoms with van der Waals surface area (Å²) >= 11 is 0. The monoisotopic (exact) mass is 490 g/mol. The summed E-state index contributed by atoms with van der Waals surface area (Å²) in [4.78, 5) is 6.03. The molecule has 1 aliphatic rings. The fourth-order valence-electron chi connectivity index (χ4n) is 5.01. The second-order valence-electron chi connectivity index (χ2n) is 9.89. The van der Waals surface area contributed by atoms with Crippen molar-refractivity contribution in [2.75, 3.05) is 37.4 Å². The molecule has 0 bridgehead atoms. The highest BCUT2D eigenvalue weighted by Gasteiger charge is 2.24. The SMILES string of the molecule is CCCCCCN1CCC(c2c[nH]c3ccc(NS(=O)(=O)N(CCCC)CCCC)cc23)CC1. The van der Waals surface area contributed by atoms with E-state index in [0.29, 0.717) is 24.7 Å². The number of likely N-dealkylation sites (tertiary alicyclic amines) is 1. The molecule has 192 valence electrons. The summed E-state index contributed by atoms with van der Waals surface area (Å²) in [6, 6.07) is 5.90. The maximum absolute atomic E-state index is 13.1. The first-order valence-electron chi connectivity index (χ1n) is 13.6. The van der Waals surface area contributed by atoms with Crippen molar-refractivity contribution >= 4 is 26.8 Å². The van der Waals surface area contributed by atoms with Gasteiger partial charge in [0.1, 0.15) is 0 Å². The van der Waals surface area contributed by atoms with Crippen molar-refractivity contribution in [1.29, 1.82) is 0 Å². The number of hydrogen-bond acceptors (Lipinski definition) is 3. The Bertz CT molecular complexity index is 956. The van der Waals surface area contributed by atoms with Crippen LogP contribution in [0.15, 0.2) is 24.4 Å². The van der Waals surface area contributed by atoms with Crippen molar-refractivity contribution in [3.8, 4) is 0 Å². The van der Waals surface area contributed by atoms with Gasteiger partial charge in [0, 0.05) is 30.2 Å². The lowest BCUT2D eigenvalue weighted by atomic mass is 9.89. The maximum Gasteiger partial charge on any atom is 0.301 e. The molecule has 7 heteroatoms. The molecule has 0 aliphatic carbocycles. The summed E-state index contributed by atoms with van der Waals surface area (Å²) in [5.74, 6) is 0.526. The molecule has 1 aromatic carbocycles. The molecule has 0 unspecified atom stereocenters. The van der Waals surface area contributed by atoms with Crippen LogP contribution in [0, 0.1) is 0 Å². The summed E-state index contributed by atoms with van der Waals surface area (Å²) in [6.45, 7) is 11.1. The Hall–Kier alpha value is -1.57. The van der Waals surface area contributed by atoms with E-state index in [4.69, 9.17) is 0 Å². The molecule has 0 spiro atoms. The van der Waals surface area contributed by atoms with E-state index in [1.807, 2.05) is 18.2 Å². The van der Waals surface area contributed by atoms with Gasteiger partial charge in [-0.1, -0.05) is 52.9 Å². The minimum atomic E-state index is -3.56. The molecule has 34 heavy (non-hydrogen) atoms. The molecule has 2 aromatic rings. The highest BCUT2D eigenvalue weighted by molar-refractivity contribution is 7.90. The van der Waals surface area contributed by atoms with Crippen molar-refractivity contribution in [2.45, 2.75) is 90.9 Å². The highest BCUT2D eigenvalue weighted by atomic mass is 32.2. The summed E-state index contributed by atoms with van der Waals surface area (Å²) in [6.07, 6.45) is 13.5. The third-order valence-corrected chi connectivity index (χ3v) is 8.72. The summed E-state index contributed by atoms with van der Waals surface area (Å²) in [5.41, 5.74) is 3.06. The third kappa shape index (κ3) is 7.46. The number of rotatable bonds is 15. The summed E-state index contributed by atoms with van der Waals surface area (Å²) in [7, 11) is -3.56. The van der Waals surface area contributed by atoms with Crippen LogP contribution in [0.4, 0.5) is 5.69 Å². The number of aromatic amines is 1. The van der Waals surface area contributed by atoms with Gasteiger partial charge in [-0.15, -0.1) is 0 Å². The first-order valence-corrected chi connectivity index (χ1v) is 15.0. The lowest BCUT2D eigenvalue weighted by Crippen LogP contribution is -2.37. The molecule has 1 aromatic heterocycles. The number of nitrogens with zero attached hydrogens (tertiary/aromatic N) is 2. The first kappa shape index (κ1) is 27.0. The second-order valence-corrected chi connectivity index (χ2v) is 11.6. The lowest BCUT2D eigenvalue weighted by molar-refractivity contribution is 0.209. The van der Waals surface area contributed by atoms with Crippen LogP contribution in [0.1, 0.15) is 96.5 Å². The molecule has 1 saturated heterocycles. The molecule has 1 fully saturated rings. The van der Waals surface area contributed by atoms with Crippen molar-refractivity contribution < 1.29 is 8.42 Å². The van der Waals surface area contributed by atoms with Gasteiger partial charge in [0.15, 0.2) is 0 Å². The summed E-state index contributed by atoms with van der Waals surface area (Å²) in [5, 5.41) is 1.15. The van der Waals surface area contributed by atoms with Crippen LogP contribution in [-0.4, -0.2) is 55.3 Å². The molecule has 6 nitrogen and oxygen atoms in total. The van der Waals surface area contributed by atoms with Gasteiger partial charge in [-0.25, -0.2) is 0 Å². The minimum Gasteiger partial charge on any atom is -0.361 e. The first-order chi connectivity index (χ1) is 16.5. The van der Waals surface area contributed by atoms with Crippen LogP contribution >= 0.6 is 0 Å². The average Bonchev–Trinajstić information content (AvgIpc) is 3.25. The Kier molecular flexibility index (Phi) is 10.7. The molecule has 2 N–H and O–H groups in total. The zero-order valence-corrected chi connectivity index (χ0v) is 22.4. The maximum atomic E-state index is 13.1. The Morgan fingerprint density at radius 3 is 2.29 bits per heavy atom. The molecule has 1 aliphatic heterocycles. The van der Waals surface area contributed by atoms with Gasteiger partial charge in [0.05, 0.1) is 5.69 Å². The molecule has 0 atom stereocenters. The van der Waals surface area contributed by atoms with Crippen LogP contribution < -0.4 is 4.72 Å². The van der Waals surface area contributed by atoms with Gasteiger partial charge in [-0.2, -0.15) is 12.7 Å². The van der Waals surface area contributed by atoms with Gasteiger partial charge < -0.3 is 9.88 Å². The number of nitrogens with one attached hydrogen (secondary N) is 2. The van der Waals surface area contributed by atoms with Crippen molar-refractivity contribution in [2.24, 2.45) is 0 Å². The van der Waals surface area contributed by atoms with Gasteiger partial charge >= 0.3 is 10.2 Å². The fraction of sp³-hybridized carbons (Fsp3) is 0.704. The Labute approximate surface area is 207 Å². The van der Waals surface area contributed by atoms with Gasteiger partial charge in [0.25, 0.3) is 0 Å². The molecule has 0 radical (unpaired) electrons. The van der Waals surface area contributed by atoms with E-state index in [1.54, 1.807) is 4.31 Å². The standard InChI is InChI=1S/C27H46N4O2S/c1-4-7-10-11-16-30-19-14-23(15-20-30)26-22-28-27-13-12-24(21-25(26)27)29-34(32,33)31(17-8-5-2)18-9-6-3/h12-13,21-23,28-29H,4-11,14-20H2,1-3H3. The average molecular weight is 491 g/mol. The van der Waals surface area contributed by atoms with Crippen LogP contribution in [0.3, 0.4) is 0 Å². The predicted molar refractivity (Wildman–Crippen MR) is 145 cm³/mol. The van der Waals surface area contributed by atoms with E-state index in [1.165, 1.54) is 50.6 Å². The van der Waals surface area contributed by atoms with Crippen molar-refractivity contribution in [3.05, 3.63) is 30.0 Å². The molecule has 0 saturated carbocycles. The number of hydrogen-bond donors (Lipinski definition) is 2. The minimum absolute atomic E-state index is 0.526. The van der Waals surface area contributed by atoms with Crippen LogP contribution in [0.5, 0.6) is 0 Å². The number of fused-ring (bicyclic) bond motifs is 1. The molecular weight excluding hydrogens is 444 g/mol. The number of unbranched alkanes of at least 4 members (excludes halogenated alkanes) is 5. The Morgan fingerprint density at radius 2 is 1.65 bits per heavy atom. The van der Waals surface area contributed by atoms with Crippen molar-refractivity contribution in [1.82, 2.24) is 14.2 Å². The molecule has 2 heterocycles. The Morgan fingerprint density at radius 1 is 0.971 bits per heavy atom. The van der Waals surface area contributed by atoms with Crippen molar-refractivity contribution in [3.63, 3.8) is 0 Å². The second kappa shape index (κ2) is 13.5. The number of benzene rings is 1. The van der Waals surface area contributed by atoms with E-state index < -0.39 is 10.2 Å². The van der Waals surface area contributed by atoms with E-state index in [9.17, 15) is 8.42 Å². The Balaban J connectivity index is 1.67. The zero-order chi connectivity index (χ0) is 24.4. The van der Waals surface area contributed by atoms with Crippen LogP contribution in [-0.2, 0) is 10.2 Å². The van der Waals surface area contributed by atoms with Gasteiger partial charge in [0.2, 0.25) is 0 Å². The number of piperidine rings is 1. The largest absolute Gasteiger partial charge is 0.361 e. The quantitative estimate of drug-likeness (QED) is 0.281. The lowest BCUT2D eigenvalue weighted by Gasteiger charge is -2.32. The van der Waals surface area contributed by atoms with E-state index in [-0.39, 0.29) is 0 Å². The van der Waals surface area contributed by atoms with E-state index in [2.05, 4.69) is 41.6 Å². The normalized spacial score (nSPS) is 16.0. The summed E-state index contributed by atoms with van der Waals surface area (Å²) < 4.78 is 30.7. The van der Waals surface area contributed by atoms with E-state index >= 15 is 0 Å². The molecular formula is C27H46N4O2S. The smallest absolute Gasteiger partial charge is 0.301 e. The fourth-order valence-corrected chi connectivity index (χ4v) is 6.30. The number of H-pyrrole nitrogens is 1. The third-order valence-electron chi connectivity index (χ3n) is 7.18. The topological polar surface area (TPSA) is 68.4 Å².